The van der Waals surface area contributed by atoms with Gasteiger partial charge in [-0.15, -0.1) is 10.2 Å². The van der Waals surface area contributed by atoms with Crippen LogP contribution in [0, 0.1) is 5.92 Å². The van der Waals surface area contributed by atoms with Crippen LogP contribution in [0.3, 0.4) is 0 Å². The largest absolute Gasteiger partial charge is 0.497 e. The van der Waals surface area contributed by atoms with Crippen LogP contribution in [0.25, 0.3) is 17.2 Å². The molecular weight excluding hydrogens is 428 g/mol. The summed E-state index contributed by atoms with van der Waals surface area (Å²) in [6.07, 6.45) is 5.41. The van der Waals surface area contributed by atoms with Gasteiger partial charge < -0.3 is 15.0 Å². The van der Waals surface area contributed by atoms with Gasteiger partial charge >= 0.3 is 0 Å². The number of imidazole rings is 1. The van der Waals surface area contributed by atoms with Gasteiger partial charge in [0, 0.05) is 36.7 Å². The third-order valence-corrected chi connectivity index (χ3v) is 6.03. The highest BCUT2D eigenvalue weighted by molar-refractivity contribution is 5.93. The van der Waals surface area contributed by atoms with Crippen molar-refractivity contribution in [2.45, 2.75) is 12.8 Å². The zero-order valence-electron chi connectivity index (χ0n) is 19.0. The van der Waals surface area contributed by atoms with E-state index in [-0.39, 0.29) is 11.8 Å². The SMILES string of the molecule is COc1ccc(NC(=O)C2CCCN(c3ccc(-n4ccnc4-c4ccccc4)nn3)C2)cc1. The molecule has 4 aromatic rings. The molecule has 0 radical (unpaired) electrons. The third-order valence-electron chi connectivity index (χ3n) is 6.03. The van der Waals surface area contributed by atoms with E-state index in [9.17, 15) is 4.79 Å². The van der Waals surface area contributed by atoms with Gasteiger partial charge in [0.05, 0.1) is 13.0 Å². The Morgan fingerprint density at radius 1 is 1.00 bits per heavy atom. The molecule has 2 aromatic carbocycles. The first-order chi connectivity index (χ1) is 16.7. The zero-order valence-corrected chi connectivity index (χ0v) is 19.0. The number of carbonyl (C=O) groups is 1. The molecule has 34 heavy (non-hydrogen) atoms. The first kappa shape index (κ1) is 21.6. The Kier molecular flexibility index (Phi) is 6.20. The lowest BCUT2D eigenvalue weighted by Gasteiger charge is -2.32. The van der Waals surface area contributed by atoms with Crippen LogP contribution in [-0.4, -0.2) is 45.9 Å². The molecule has 0 saturated carbocycles. The minimum atomic E-state index is -0.115. The van der Waals surface area contributed by atoms with E-state index < -0.39 is 0 Å². The van der Waals surface area contributed by atoms with Crippen molar-refractivity contribution in [2.75, 3.05) is 30.4 Å². The Morgan fingerprint density at radius 3 is 2.50 bits per heavy atom. The molecule has 0 aliphatic carbocycles. The molecule has 8 heteroatoms. The number of benzene rings is 2. The third kappa shape index (κ3) is 4.61. The molecule has 2 aromatic heterocycles. The minimum Gasteiger partial charge on any atom is -0.497 e. The lowest BCUT2D eigenvalue weighted by atomic mass is 9.97. The van der Waals surface area contributed by atoms with Gasteiger partial charge in [0.15, 0.2) is 11.6 Å². The van der Waals surface area contributed by atoms with Crippen molar-refractivity contribution < 1.29 is 9.53 Å². The van der Waals surface area contributed by atoms with Crippen molar-refractivity contribution in [3.63, 3.8) is 0 Å². The Labute approximate surface area is 198 Å². The molecule has 1 fully saturated rings. The molecule has 5 rings (SSSR count). The van der Waals surface area contributed by atoms with Gasteiger partial charge in [-0.2, -0.15) is 0 Å². The Hall–Kier alpha value is -4.20. The number of hydrogen-bond acceptors (Lipinski definition) is 6. The van der Waals surface area contributed by atoms with Crippen molar-refractivity contribution in [3.05, 3.63) is 79.1 Å². The number of carbonyl (C=O) groups excluding carboxylic acids is 1. The molecule has 1 saturated heterocycles. The maximum Gasteiger partial charge on any atom is 0.229 e. The Balaban J connectivity index is 1.27. The van der Waals surface area contributed by atoms with Crippen LogP contribution in [0.5, 0.6) is 5.75 Å². The van der Waals surface area contributed by atoms with Crippen LogP contribution >= 0.6 is 0 Å². The second-order valence-electron chi connectivity index (χ2n) is 8.24. The normalized spacial score (nSPS) is 15.7. The van der Waals surface area contributed by atoms with Crippen molar-refractivity contribution in [3.8, 4) is 23.0 Å². The number of amides is 1. The van der Waals surface area contributed by atoms with E-state index in [2.05, 4.69) is 25.4 Å². The molecule has 1 unspecified atom stereocenters. The van der Waals surface area contributed by atoms with Crippen LogP contribution in [0.2, 0.25) is 0 Å². The first-order valence-corrected chi connectivity index (χ1v) is 11.3. The number of aromatic nitrogens is 4. The molecule has 1 amide bonds. The molecule has 8 nitrogen and oxygen atoms in total. The number of nitrogens with zero attached hydrogens (tertiary/aromatic N) is 5. The van der Waals surface area contributed by atoms with Gasteiger partial charge in [-0.3, -0.25) is 9.36 Å². The van der Waals surface area contributed by atoms with Crippen molar-refractivity contribution in [1.82, 2.24) is 19.7 Å². The summed E-state index contributed by atoms with van der Waals surface area (Å²) < 4.78 is 7.10. The number of rotatable bonds is 6. The summed E-state index contributed by atoms with van der Waals surface area (Å²) in [7, 11) is 1.62. The molecule has 3 heterocycles. The van der Waals surface area contributed by atoms with Crippen LogP contribution in [-0.2, 0) is 4.79 Å². The van der Waals surface area contributed by atoms with E-state index in [0.717, 1.165) is 48.0 Å². The summed E-state index contributed by atoms with van der Waals surface area (Å²) in [5.74, 6) is 2.95. The smallest absolute Gasteiger partial charge is 0.229 e. The van der Waals surface area contributed by atoms with Gasteiger partial charge in [-0.1, -0.05) is 30.3 Å². The monoisotopic (exact) mass is 454 g/mol. The van der Waals surface area contributed by atoms with E-state index >= 15 is 0 Å². The quantitative estimate of drug-likeness (QED) is 0.470. The predicted molar refractivity (Wildman–Crippen MR) is 131 cm³/mol. The van der Waals surface area contributed by atoms with Crippen LogP contribution in [0.4, 0.5) is 11.5 Å². The first-order valence-electron chi connectivity index (χ1n) is 11.3. The highest BCUT2D eigenvalue weighted by Crippen LogP contribution is 2.25. The summed E-state index contributed by atoms with van der Waals surface area (Å²) in [5.41, 5.74) is 1.78. The number of methoxy groups -OCH3 is 1. The second-order valence-corrected chi connectivity index (χ2v) is 8.24. The predicted octanol–water partition coefficient (Wildman–Crippen LogP) is 4.19. The topological polar surface area (TPSA) is 85.2 Å². The van der Waals surface area contributed by atoms with Gasteiger partial charge in [0.1, 0.15) is 11.6 Å². The number of piperidine rings is 1. The van der Waals surface area contributed by atoms with E-state index in [1.165, 1.54) is 0 Å². The highest BCUT2D eigenvalue weighted by atomic mass is 16.5. The van der Waals surface area contributed by atoms with E-state index in [0.29, 0.717) is 12.4 Å². The van der Waals surface area contributed by atoms with Crippen LogP contribution < -0.4 is 15.0 Å². The van der Waals surface area contributed by atoms with E-state index in [1.54, 1.807) is 13.3 Å². The fraction of sp³-hybridized carbons (Fsp3) is 0.231. The van der Waals surface area contributed by atoms with Crippen molar-refractivity contribution in [1.29, 1.82) is 0 Å². The summed E-state index contributed by atoms with van der Waals surface area (Å²) in [6, 6.07) is 21.3. The summed E-state index contributed by atoms with van der Waals surface area (Å²) in [5, 5.41) is 11.9. The van der Waals surface area contributed by atoms with Crippen molar-refractivity contribution in [2.24, 2.45) is 5.92 Å². The van der Waals surface area contributed by atoms with E-state index in [1.807, 2.05) is 77.5 Å². The summed E-state index contributed by atoms with van der Waals surface area (Å²) >= 11 is 0. The lowest BCUT2D eigenvalue weighted by molar-refractivity contribution is -0.120. The standard InChI is InChI=1S/C26H26N6O2/c1-34-22-11-9-21(10-12-22)28-26(33)20-8-5-16-31(18-20)23-13-14-24(30-29-23)32-17-15-27-25(32)19-6-3-2-4-7-19/h2-4,6-7,9-15,17,20H,5,8,16,18H2,1H3,(H,28,33). The van der Waals surface area contributed by atoms with Gasteiger partial charge in [0.25, 0.3) is 0 Å². The Morgan fingerprint density at radius 2 is 1.76 bits per heavy atom. The van der Waals surface area contributed by atoms with Crippen LogP contribution in [0.1, 0.15) is 12.8 Å². The Bertz CT molecular complexity index is 1240. The molecule has 172 valence electrons. The highest BCUT2D eigenvalue weighted by Gasteiger charge is 2.27. The second kappa shape index (κ2) is 9.74. The summed E-state index contributed by atoms with van der Waals surface area (Å²) in [4.78, 5) is 19.5. The number of hydrogen-bond donors (Lipinski definition) is 1. The molecule has 1 N–H and O–H groups in total. The summed E-state index contributed by atoms with van der Waals surface area (Å²) in [6.45, 7) is 1.46. The molecule has 1 aliphatic heterocycles. The molecular formula is C26H26N6O2. The molecule has 0 bridgehead atoms. The van der Waals surface area contributed by atoms with Gasteiger partial charge in [-0.25, -0.2) is 4.98 Å². The molecule has 0 spiro atoms. The van der Waals surface area contributed by atoms with Gasteiger partial charge in [0.2, 0.25) is 5.91 Å². The lowest BCUT2D eigenvalue weighted by Crippen LogP contribution is -2.41. The molecule has 1 atom stereocenters. The maximum atomic E-state index is 12.9. The average Bonchev–Trinajstić information content (AvgIpc) is 3.40. The number of anilines is 2. The fourth-order valence-corrected chi connectivity index (χ4v) is 4.22. The fourth-order valence-electron chi connectivity index (χ4n) is 4.22. The maximum absolute atomic E-state index is 12.9. The zero-order chi connectivity index (χ0) is 23.3. The number of ether oxygens (including phenoxy) is 1. The van der Waals surface area contributed by atoms with Gasteiger partial charge in [-0.05, 0) is 49.2 Å². The minimum absolute atomic E-state index is 0.0189. The van der Waals surface area contributed by atoms with Crippen molar-refractivity contribution >= 4 is 17.4 Å². The average molecular weight is 455 g/mol. The van der Waals surface area contributed by atoms with E-state index in [4.69, 9.17) is 4.74 Å². The van der Waals surface area contributed by atoms with Crippen LogP contribution in [0.15, 0.2) is 79.1 Å². The molecule has 1 aliphatic rings. The number of nitrogens with one attached hydrogen (secondary N) is 1.